The van der Waals surface area contributed by atoms with Gasteiger partial charge >= 0.3 is 0 Å². The molecule has 0 heterocycles. The smallest absolute Gasteiger partial charge is 0.269 e. The van der Waals surface area contributed by atoms with Crippen LogP contribution in [0.1, 0.15) is 24.2 Å². The van der Waals surface area contributed by atoms with Crippen molar-refractivity contribution in [2.24, 2.45) is 0 Å². The van der Waals surface area contributed by atoms with Gasteiger partial charge in [-0.1, -0.05) is 12.1 Å². The highest BCUT2D eigenvalue weighted by Crippen LogP contribution is 2.28. The number of nitrogens with zero attached hydrogens (tertiary/aromatic N) is 1. The van der Waals surface area contributed by atoms with E-state index in [0.717, 1.165) is 5.56 Å². The van der Waals surface area contributed by atoms with E-state index in [-0.39, 0.29) is 5.69 Å². The molecule has 2 aromatic rings. The molecule has 0 aliphatic heterocycles. The van der Waals surface area contributed by atoms with Gasteiger partial charge in [-0.3, -0.25) is 10.1 Å². The minimum atomic E-state index is -0.523. The molecule has 2 rings (SSSR count). The van der Waals surface area contributed by atoms with Crippen molar-refractivity contribution in [2.75, 3.05) is 0 Å². The first-order valence-corrected chi connectivity index (χ1v) is 6.18. The van der Waals surface area contributed by atoms with E-state index in [2.05, 4.69) is 0 Å². The molecule has 0 aliphatic rings. The van der Waals surface area contributed by atoms with Crippen molar-refractivity contribution in [3.63, 3.8) is 0 Å². The number of benzene rings is 2. The fourth-order valence-corrected chi connectivity index (χ4v) is 1.80. The first-order valence-electron chi connectivity index (χ1n) is 6.18. The van der Waals surface area contributed by atoms with Gasteiger partial charge in [-0.15, -0.1) is 0 Å². The van der Waals surface area contributed by atoms with Gasteiger partial charge in [-0.25, -0.2) is 0 Å². The quantitative estimate of drug-likeness (QED) is 0.680. The fraction of sp³-hybridized carbons (Fsp3) is 0.200. The van der Waals surface area contributed by atoms with Crippen LogP contribution in [0.25, 0.3) is 0 Å². The van der Waals surface area contributed by atoms with E-state index in [1.165, 1.54) is 12.1 Å². The average Bonchev–Trinajstić information content (AvgIpc) is 2.41. The van der Waals surface area contributed by atoms with Gasteiger partial charge in [0.25, 0.3) is 5.69 Å². The second kappa shape index (κ2) is 5.71. The highest BCUT2D eigenvalue weighted by molar-refractivity contribution is 5.45. The number of non-ortho nitro benzene ring substituents is 1. The number of hydrogen-bond acceptors (Lipinski definition) is 4. The predicted molar refractivity (Wildman–Crippen MR) is 75.0 cm³/mol. The van der Waals surface area contributed by atoms with Crippen LogP contribution < -0.4 is 4.74 Å². The molecule has 1 atom stereocenters. The normalized spacial score (nSPS) is 11.9. The monoisotopic (exact) mass is 273 g/mol. The lowest BCUT2D eigenvalue weighted by atomic mass is 10.1. The summed E-state index contributed by atoms with van der Waals surface area (Å²) in [6, 6.07) is 11.5. The maximum atomic E-state index is 10.7. The Hall–Kier alpha value is -2.40. The van der Waals surface area contributed by atoms with Gasteiger partial charge in [0.15, 0.2) is 0 Å². The molecule has 104 valence electrons. The number of rotatable bonds is 4. The van der Waals surface area contributed by atoms with Crippen LogP contribution in [0.2, 0.25) is 0 Å². The molecule has 0 saturated heterocycles. The minimum absolute atomic E-state index is 0.0410. The molecule has 0 aromatic heterocycles. The van der Waals surface area contributed by atoms with Crippen molar-refractivity contribution >= 4 is 5.69 Å². The number of nitro groups is 1. The lowest BCUT2D eigenvalue weighted by Gasteiger charge is -2.10. The first kappa shape index (κ1) is 14.0. The third kappa shape index (κ3) is 3.13. The summed E-state index contributed by atoms with van der Waals surface area (Å²) < 4.78 is 5.67. The SMILES string of the molecule is Cc1cc([N+](=O)[O-])ccc1Oc1ccc(C(C)O)cc1. The Morgan fingerprint density at radius 2 is 1.85 bits per heavy atom. The van der Waals surface area contributed by atoms with Crippen LogP contribution in [0.5, 0.6) is 11.5 Å². The van der Waals surface area contributed by atoms with E-state index < -0.39 is 11.0 Å². The summed E-state index contributed by atoms with van der Waals surface area (Å²) in [5, 5.41) is 20.1. The zero-order chi connectivity index (χ0) is 14.7. The zero-order valence-electron chi connectivity index (χ0n) is 11.2. The van der Waals surface area contributed by atoms with Crippen molar-refractivity contribution in [2.45, 2.75) is 20.0 Å². The van der Waals surface area contributed by atoms with Gasteiger partial charge in [0.05, 0.1) is 11.0 Å². The standard InChI is InChI=1S/C15H15NO4/c1-10-9-13(16(18)19)5-8-15(10)20-14-6-3-12(4-7-14)11(2)17/h3-9,11,17H,1-2H3. The fourth-order valence-electron chi connectivity index (χ4n) is 1.80. The third-order valence-electron chi connectivity index (χ3n) is 2.96. The topological polar surface area (TPSA) is 72.6 Å². The van der Waals surface area contributed by atoms with E-state index in [4.69, 9.17) is 4.74 Å². The van der Waals surface area contributed by atoms with E-state index in [1.54, 1.807) is 44.2 Å². The van der Waals surface area contributed by atoms with E-state index in [0.29, 0.717) is 17.1 Å². The molecule has 2 aromatic carbocycles. The molecule has 1 N–H and O–H groups in total. The van der Waals surface area contributed by atoms with E-state index in [1.807, 2.05) is 0 Å². The van der Waals surface area contributed by atoms with Gasteiger partial charge in [0.2, 0.25) is 0 Å². The summed E-state index contributed by atoms with van der Waals surface area (Å²) in [5.41, 5.74) is 1.54. The predicted octanol–water partition coefficient (Wildman–Crippen LogP) is 3.75. The van der Waals surface area contributed by atoms with Crippen molar-refractivity contribution in [3.05, 3.63) is 63.7 Å². The molecule has 0 fully saturated rings. The largest absolute Gasteiger partial charge is 0.457 e. The summed E-state index contributed by atoms with van der Waals surface area (Å²) in [6.07, 6.45) is -0.523. The molecule has 1 unspecified atom stereocenters. The Labute approximate surface area is 116 Å². The number of nitro benzene ring substituents is 1. The maximum absolute atomic E-state index is 10.7. The van der Waals surface area contributed by atoms with Crippen molar-refractivity contribution in [1.29, 1.82) is 0 Å². The molecule has 0 aliphatic carbocycles. The van der Waals surface area contributed by atoms with E-state index in [9.17, 15) is 15.2 Å². The minimum Gasteiger partial charge on any atom is -0.457 e. The van der Waals surface area contributed by atoms with Crippen LogP contribution in [-0.4, -0.2) is 10.0 Å². The highest BCUT2D eigenvalue weighted by Gasteiger charge is 2.09. The number of hydrogen-bond donors (Lipinski definition) is 1. The van der Waals surface area contributed by atoms with Crippen LogP contribution in [0.4, 0.5) is 5.69 Å². The maximum Gasteiger partial charge on any atom is 0.269 e. The number of aliphatic hydroxyl groups excluding tert-OH is 1. The summed E-state index contributed by atoms with van der Waals surface area (Å²) in [4.78, 5) is 10.2. The molecule has 5 heteroatoms. The molecule has 0 radical (unpaired) electrons. The second-order valence-corrected chi connectivity index (χ2v) is 4.55. The Balaban J connectivity index is 2.19. The molecule has 0 amide bonds. The third-order valence-corrected chi connectivity index (χ3v) is 2.96. The lowest BCUT2D eigenvalue weighted by molar-refractivity contribution is -0.384. The molecule has 0 bridgehead atoms. The Kier molecular flexibility index (Phi) is 4.00. The molecule has 0 saturated carbocycles. The molecular weight excluding hydrogens is 258 g/mol. The molecule has 0 spiro atoms. The summed E-state index contributed by atoms with van der Waals surface area (Å²) in [7, 11) is 0. The Morgan fingerprint density at radius 3 is 2.35 bits per heavy atom. The summed E-state index contributed by atoms with van der Waals surface area (Å²) in [5.74, 6) is 1.19. The second-order valence-electron chi connectivity index (χ2n) is 4.55. The van der Waals surface area contributed by atoms with Crippen molar-refractivity contribution in [3.8, 4) is 11.5 Å². The van der Waals surface area contributed by atoms with Crippen LogP contribution in [0.15, 0.2) is 42.5 Å². The summed E-state index contributed by atoms with van der Waals surface area (Å²) in [6.45, 7) is 3.45. The number of ether oxygens (including phenoxy) is 1. The van der Waals surface area contributed by atoms with Crippen LogP contribution in [0, 0.1) is 17.0 Å². The highest BCUT2D eigenvalue weighted by atomic mass is 16.6. The van der Waals surface area contributed by atoms with Crippen molar-refractivity contribution < 1.29 is 14.8 Å². The zero-order valence-corrected chi connectivity index (χ0v) is 11.2. The average molecular weight is 273 g/mol. The first-order chi connectivity index (χ1) is 9.47. The van der Waals surface area contributed by atoms with Gasteiger partial charge in [0.1, 0.15) is 11.5 Å². The molecular formula is C15H15NO4. The number of aryl methyl sites for hydroxylation is 1. The molecule has 20 heavy (non-hydrogen) atoms. The summed E-state index contributed by atoms with van der Waals surface area (Å²) >= 11 is 0. The Bertz CT molecular complexity index is 620. The molecule has 5 nitrogen and oxygen atoms in total. The van der Waals surface area contributed by atoms with Crippen LogP contribution in [-0.2, 0) is 0 Å². The Morgan fingerprint density at radius 1 is 1.20 bits per heavy atom. The van der Waals surface area contributed by atoms with Crippen LogP contribution in [0.3, 0.4) is 0 Å². The van der Waals surface area contributed by atoms with Gasteiger partial charge < -0.3 is 9.84 Å². The van der Waals surface area contributed by atoms with Gasteiger partial charge in [0, 0.05) is 12.1 Å². The number of aliphatic hydroxyl groups is 1. The van der Waals surface area contributed by atoms with Crippen molar-refractivity contribution in [1.82, 2.24) is 0 Å². The van der Waals surface area contributed by atoms with E-state index >= 15 is 0 Å². The van der Waals surface area contributed by atoms with Gasteiger partial charge in [-0.2, -0.15) is 0 Å². The van der Waals surface area contributed by atoms with Gasteiger partial charge in [-0.05, 0) is 43.2 Å². The lowest BCUT2D eigenvalue weighted by Crippen LogP contribution is -1.93. The van der Waals surface area contributed by atoms with Crippen LogP contribution >= 0.6 is 0 Å².